The third-order valence-corrected chi connectivity index (χ3v) is 7.68. The Balaban J connectivity index is 1.80. The lowest BCUT2D eigenvalue weighted by molar-refractivity contribution is -0.173. The van der Waals surface area contributed by atoms with Gasteiger partial charge in [0.2, 0.25) is 11.2 Å². The van der Waals surface area contributed by atoms with Crippen LogP contribution in [-0.2, 0) is 10.5 Å². The molecule has 0 spiro atoms. The summed E-state index contributed by atoms with van der Waals surface area (Å²) in [4.78, 5) is 39.1. The maximum absolute atomic E-state index is 14.2. The van der Waals surface area contributed by atoms with Gasteiger partial charge in [-0.05, 0) is 35.7 Å². The van der Waals surface area contributed by atoms with Crippen LogP contribution in [0.4, 0.5) is 17.6 Å². The summed E-state index contributed by atoms with van der Waals surface area (Å²) < 4.78 is 62.3. The highest BCUT2D eigenvalue weighted by Crippen LogP contribution is 2.43. The number of alkyl halides is 3. The van der Waals surface area contributed by atoms with Crippen LogP contribution in [0.25, 0.3) is 0 Å². The minimum atomic E-state index is -4.78. The van der Waals surface area contributed by atoms with E-state index in [9.17, 15) is 31.9 Å². The van der Waals surface area contributed by atoms with E-state index >= 15 is 0 Å². The third-order valence-electron chi connectivity index (χ3n) is 6.56. The highest BCUT2D eigenvalue weighted by molar-refractivity contribution is 7.98. The number of fused-ring (bicyclic) bond motifs is 3. The number of hydrogen-bond donors (Lipinski definition) is 0. The van der Waals surface area contributed by atoms with Gasteiger partial charge in [-0.15, -0.1) is 11.8 Å². The summed E-state index contributed by atoms with van der Waals surface area (Å²) in [6.45, 7) is 1.35. The SMILES string of the molecule is CC(=O)Oc1c2n(ccc1=O)N(C1c3ccccc3CSc3cc(F)ccc31)CN([C@@H](C)C(F)(F)F)C2=O. The number of carbonyl (C=O) groups excluding carboxylic acids is 2. The molecule has 3 aromatic rings. The van der Waals surface area contributed by atoms with Gasteiger partial charge in [0.25, 0.3) is 5.91 Å². The molecule has 198 valence electrons. The van der Waals surface area contributed by atoms with Crippen LogP contribution >= 0.6 is 11.8 Å². The highest BCUT2D eigenvalue weighted by atomic mass is 32.2. The van der Waals surface area contributed by atoms with Gasteiger partial charge >= 0.3 is 12.1 Å². The predicted molar refractivity (Wildman–Crippen MR) is 131 cm³/mol. The van der Waals surface area contributed by atoms with E-state index in [0.29, 0.717) is 21.1 Å². The van der Waals surface area contributed by atoms with Crippen molar-refractivity contribution in [1.82, 2.24) is 9.58 Å². The number of pyridine rings is 1. The number of amides is 1. The van der Waals surface area contributed by atoms with E-state index in [1.54, 1.807) is 12.1 Å². The van der Waals surface area contributed by atoms with Crippen molar-refractivity contribution < 1.29 is 31.9 Å². The number of benzene rings is 2. The number of thioether (sulfide) groups is 1. The Morgan fingerprint density at radius 3 is 2.55 bits per heavy atom. The molecule has 38 heavy (non-hydrogen) atoms. The van der Waals surface area contributed by atoms with Gasteiger partial charge < -0.3 is 9.64 Å². The summed E-state index contributed by atoms with van der Waals surface area (Å²) in [5, 5.41) is 1.49. The van der Waals surface area contributed by atoms with Crippen molar-refractivity contribution in [2.24, 2.45) is 0 Å². The van der Waals surface area contributed by atoms with E-state index in [0.717, 1.165) is 31.0 Å². The molecule has 12 heteroatoms. The fourth-order valence-corrected chi connectivity index (χ4v) is 5.82. The van der Waals surface area contributed by atoms with Crippen LogP contribution in [-0.4, -0.2) is 40.3 Å². The van der Waals surface area contributed by atoms with E-state index in [-0.39, 0.29) is 0 Å². The molecular formula is C26H21F4N3O4S. The van der Waals surface area contributed by atoms with Crippen molar-refractivity contribution in [2.75, 3.05) is 11.7 Å². The first kappa shape index (κ1) is 25.8. The maximum atomic E-state index is 14.2. The van der Waals surface area contributed by atoms with Crippen LogP contribution in [0.5, 0.6) is 5.75 Å². The molecule has 1 unspecified atom stereocenters. The Bertz CT molecular complexity index is 1510. The molecular weight excluding hydrogens is 526 g/mol. The van der Waals surface area contributed by atoms with Crippen LogP contribution < -0.4 is 15.2 Å². The van der Waals surface area contributed by atoms with Crippen LogP contribution in [0, 0.1) is 5.82 Å². The van der Waals surface area contributed by atoms with Crippen LogP contribution in [0.1, 0.15) is 47.1 Å². The molecule has 3 heterocycles. The second kappa shape index (κ2) is 9.50. The van der Waals surface area contributed by atoms with E-state index in [1.807, 2.05) is 18.2 Å². The smallest absolute Gasteiger partial charge is 0.408 e. The van der Waals surface area contributed by atoms with Gasteiger partial charge in [-0.3, -0.25) is 24.1 Å². The first-order valence-electron chi connectivity index (χ1n) is 11.6. The van der Waals surface area contributed by atoms with Crippen LogP contribution in [0.3, 0.4) is 0 Å². The van der Waals surface area contributed by atoms with Crippen molar-refractivity contribution in [2.45, 2.75) is 42.8 Å². The van der Waals surface area contributed by atoms with Crippen LogP contribution in [0.2, 0.25) is 0 Å². The van der Waals surface area contributed by atoms with Gasteiger partial charge in [0, 0.05) is 29.8 Å². The minimum Gasteiger partial charge on any atom is -0.420 e. The van der Waals surface area contributed by atoms with Crippen molar-refractivity contribution in [3.63, 3.8) is 0 Å². The van der Waals surface area contributed by atoms with Gasteiger partial charge in [-0.1, -0.05) is 30.3 Å². The Morgan fingerprint density at radius 2 is 1.84 bits per heavy atom. The van der Waals surface area contributed by atoms with Gasteiger partial charge in [0.1, 0.15) is 18.5 Å². The normalized spacial score (nSPS) is 17.7. The lowest BCUT2D eigenvalue weighted by Gasteiger charge is -2.46. The predicted octanol–water partition coefficient (Wildman–Crippen LogP) is 4.61. The summed E-state index contributed by atoms with van der Waals surface area (Å²) in [6.07, 6.45) is -3.51. The monoisotopic (exact) mass is 547 g/mol. The molecule has 0 saturated carbocycles. The molecule has 0 radical (unpaired) electrons. The number of halogens is 4. The van der Waals surface area contributed by atoms with E-state index < -0.39 is 59.5 Å². The molecule has 2 aliphatic heterocycles. The average Bonchev–Trinajstić information content (AvgIpc) is 3.01. The second-order valence-corrected chi connectivity index (χ2v) is 9.96. The standard InChI is InChI=1S/C26H21F4N3O4S/c1-14(26(28,29)30)31-13-33(32-10-9-20(35)24(37-15(2)34)23(32)25(31)36)22-18-6-4-3-5-16(18)12-38-21-11-17(27)7-8-19(21)22/h3-11,14,22H,12-13H2,1-2H3/t14-,22?/m0/s1. The molecule has 0 bridgehead atoms. The number of carbonyl (C=O) groups is 2. The molecule has 0 saturated heterocycles. The Hall–Kier alpha value is -3.80. The molecule has 2 aliphatic rings. The quantitative estimate of drug-likeness (QED) is 0.353. The number of nitrogens with zero attached hydrogens (tertiary/aromatic N) is 3. The van der Waals surface area contributed by atoms with Crippen LogP contribution in [0.15, 0.2) is 64.4 Å². The summed E-state index contributed by atoms with van der Waals surface area (Å²) >= 11 is 1.39. The molecule has 0 fully saturated rings. The summed E-state index contributed by atoms with van der Waals surface area (Å²) in [5.74, 6) is -2.68. The molecule has 5 rings (SSSR count). The fourth-order valence-electron chi connectivity index (χ4n) is 4.70. The zero-order valence-corrected chi connectivity index (χ0v) is 21.0. The zero-order valence-electron chi connectivity index (χ0n) is 20.2. The lowest BCUT2D eigenvalue weighted by atomic mass is 9.94. The van der Waals surface area contributed by atoms with E-state index in [1.165, 1.54) is 39.8 Å². The minimum absolute atomic E-state index is 0.469. The number of esters is 1. The van der Waals surface area contributed by atoms with Gasteiger partial charge in [0.15, 0.2) is 5.69 Å². The molecule has 2 aromatic carbocycles. The summed E-state index contributed by atoms with van der Waals surface area (Å²) in [5.41, 5.74) is 0.870. The summed E-state index contributed by atoms with van der Waals surface area (Å²) in [6, 6.07) is 9.57. The van der Waals surface area contributed by atoms with Crippen molar-refractivity contribution in [1.29, 1.82) is 0 Å². The molecule has 0 aliphatic carbocycles. The lowest BCUT2D eigenvalue weighted by Crippen LogP contribution is -2.60. The average molecular weight is 548 g/mol. The fraction of sp³-hybridized carbons (Fsp3) is 0.269. The second-order valence-electron chi connectivity index (χ2n) is 8.94. The number of hydrogen-bond acceptors (Lipinski definition) is 6. The van der Waals surface area contributed by atoms with Gasteiger partial charge in [-0.2, -0.15) is 13.2 Å². The molecule has 1 aromatic heterocycles. The number of ether oxygens (including phenoxy) is 1. The first-order chi connectivity index (χ1) is 18.0. The molecule has 2 atom stereocenters. The van der Waals surface area contributed by atoms with Crippen molar-refractivity contribution in [3.05, 3.63) is 93.2 Å². The summed E-state index contributed by atoms with van der Waals surface area (Å²) in [7, 11) is 0. The molecule has 0 N–H and O–H groups in total. The zero-order chi connectivity index (χ0) is 27.4. The van der Waals surface area contributed by atoms with Crippen molar-refractivity contribution in [3.8, 4) is 5.75 Å². The largest absolute Gasteiger partial charge is 0.420 e. The van der Waals surface area contributed by atoms with E-state index in [2.05, 4.69) is 0 Å². The van der Waals surface area contributed by atoms with Gasteiger partial charge in [0.05, 0.1) is 6.04 Å². The maximum Gasteiger partial charge on any atom is 0.408 e. The number of rotatable bonds is 3. The van der Waals surface area contributed by atoms with E-state index in [4.69, 9.17) is 4.74 Å². The number of aromatic nitrogens is 1. The van der Waals surface area contributed by atoms with Gasteiger partial charge in [-0.25, -0.2) is 4.39 Å². The third kappa shape index (κ3) is 4.42. The molecule has 1 amide bonds. The Labute approximate surface area is 218 Å². The Kier molecular flexibility index (Phi) is 6.46. The molecule has 7 nitrogen and oxygen atoms in total. The topological polar surface area (TPSA) is 71.8 Å². The first-order valence-corrected chi connectivity index (χ1v) is 12.5. The van der Waals surface area contributed by atoms with Crippen molar-refractivity contribution >= 4 is 23.6 Å². The Morgan fingerprint density at radius 1 is 1.11 bits per heavy atom. The highest BCUT2D eigenvalue weighted by Gasteiger charge is 2.48.